The van der Waals surface area contributed by atoms with Crippen molar-refractivity contribution in [3.8, 4) is 0 Å². The molecule has 1 aromatic rings. The molecule has 1 aromatic heterocycles. The van der Waals surface area contributed by atoms with Gasteiger partial charge in [-0.25, -0.2) is 9.97 Å². The van der Waals surface area contributed by atoms with Crippen LogP contribution < -0.4 is 5.32 Å². The topological polar surface area (TPSA) is 54.9 Å². The van der Waals surface area contributed by atoms with Crippen molar-refractivity contribution in [2.24, 2.45) is 5.92 Å². The molecule has 0 aliphatic heterocycles. The minimum atomic E-state index is 0.192. The molecule has 1 atom stereocenters. The SMILES string of the molecule is CC(C)CCCC(C)Nc1ncnc(Cl)c1C=O. The number of carbonyl (C=O) groups is 1. The Kier molecular flexibility index (Phi) is 6.05. The van der Waals surface area contributed by atoms with Crippen LogP contribution in [0.5, 0.6) is 0 Å². The Morgan fingerprint density at radius 1 is 1.33 bits per heavy atom. The summed E-state index contributed by atoms with van der Waals surface area (Å²) in [5.41, 5.74) is 0.329. The van der Waals surface area contributed by atoms with E-state index in [4.69, 9.17) is 11.6 Å². The van der Waals surface area contributed by atoms with E-state index in [-0.39, 0.29) is 11.2 Å². The lowest BCUT2D eigenvalue weighted by molar-refractivity contribution is 0.112. The third-order valence-electron chi connectivity index (χ3n) is 2.75. The summed E-state index contributed by atoms with van der Waals surface area (Å²) in [5.74, 6) is 1.23. The van der Waals surface area contributed by atoms with Gasteiger partial charge >= 0.3 is 0 Å². The molecule has 4 nitrogen and oxygen atoms in total. The van der Waals surface area contributed by atoms with E-state index in [1.807, 2.05) is 0 Å². The molecule has 0 aromatic carbocycles. The number of halogens is 1. The van der Waals surface area contributed by atoms with Gasteiger partial charge in [-0.1, -0.05) is 38.3 Å². The predicted octanol–water partition coefficient (Wildman–Crippen LogP) is 3.57. The molecule has 0 saturated heterocycles. The summed E-state index contributed by atoms with van der Waals surface area (Å²) in [4.78, 5) is 18.8. The van der Waals surface area contributed by atoms with E-state index in [0.717, 1.165) is 18.8 Å². The summed E-state index contributed by atoms with van der Waals surface area (Å²) in [6, 6.07) is 0.258. The van der Waals surface area contributed by atoms with Gasteiger partial charge in [0.1, 0.15) is 17.3 Å². The van der Waals surface area contributed by atoms with Gasteiger partial charge in [-0.05, 0) is 19.3 Å². The summed E-state index contributed by atoms with van der Waals surface area (Å²) in [5, 5.41) is 3.40. The third kappa shape index (κ3) is 4.61. The molecule has 0 aliphatic carbocycles. The number of nitrogens with one attached hydrogen (secondary N) is 1. The highest BCUT2D eigenvalue weighted by Gasteiger charge is 2.11. The highest BCUT2D eigenvalue weighted by Crippen LogP contribution is 2.19. The Morgan fingerprint density at radius 3 is 2.67 bits per heavy atom. The molecule has 0 bridgehead atoms. The van der Waals surface area contributed by atoms with E-state index < -0.39 is 0 Å². The average molecular weight is 270 g/mol. The molecule has 5 heteroatoms. The summed E-state index contributed by atoms with van der Waals surface area (Å²) >= 11 is 5.84. The van der Waals surface area contributed by atoms with Crippen molar-refractivity contribution in [3.05, 3.63) is 17.0 Å². The van der Waals surface area contributed by atoms with E-state index in [9.17, 15) is 4.79 Å². The predicted molar refractivity (Wildman–Crippen MR) is 74.2 cm³/mol. The van der Waals surface area contributed by atoms with Crippen molar-refractivity contribution in [1.82, 2.24) is 9.97 Å². The quantitative estimate of drug-likeness (QED) is 0.607. The minimum absolute atomic E-state index is 0.192. The van der Waals surface area contributed by atoms with Crippen molar-refractivity contribution in [1.29, 1.82) is 0 Å². The zero-order valence-corrected chi connectivity index (χ0v) is 11.9. The van der Waals surface area contributed by atoms with Gasteiger partial charge in [0.25, 0.3) is 0 Å². The van der Waals surface area contributed by atoms with E-state index in [1.165, 1.54) is 12.7 Å². The third-order valence-corrected chi connectivity index (χ3v) is 3.06. The van der Waals surface area contributed by atoms with Gasteiger partial charge in [0.15, 0.2) is 6.29 Å². The Bertz CT molecular complexity index is 396. The number of rotatable bonds is 7. The summed E-state index contributed by atoms with van der Waals surface area (Å²) in [6.07, 6.45) is 5.44. The molecular weight excluding hydrogens is 250 g/mol. The van der Waals surface area contributed by atoms with Crippen molar-refractivity contribution in [3.63, 3.8) is 0 Å². The van der Waals surface area contributed by atoms with Gasteiger partial charge in [-0.15, -0.1) is 0 Å². The first-order valence-corrected chi connectivity index (χ1v) is 6.64. The second-order valence-electron chi connectivity index (χ2n) is 4.91. The average Bonchev–Trinajstić information content (AvgIpc) is 2.28. The summed E-state index contributed by atoms with van der Waals surface area (Å²) in [7, 11) is 0. The number of carbonyl (C=O) groups excluding carboxylic acids is 1. The molecule has 1 rings (SSSR count). The molecule has 0 radical (unpaired) electrons. The molecular formula is C13H20ClN3O. The number of anilines is 1. The van der Waals surface area contributed by atoms with Crippen molar-refractivity contribution < 1.29 is 4.79 Å². The van der Waals surface area contributed by atoms with Crippen LogP contribution in [0, 0.1) is 5.92 Å². The lowest BCUT2D eigenvalue weighted by atomic mass is 10.0. The van der Waals surface area contributed by atoms with E-state index in [0.29, 0.717) is 17.7 Å². The molecule has 1 unspecified atom stereocenters. The highest BCUT2D eigenvalue weighted by atomic mass is 35.5. The molecule has 1 N–H and O–H groups in total. The standard InChI is InChI=1S/C13H20ClN3O/c1-9(2)5-4-6-10(3)17-13-11(7-18)12(14)15-8-16-13/h7-10H,4-6H2,1-3H3,(H,15,16,17). The van der Waals surface area contributed by atoms with Crippen LogP contribution in [0.3, 0.4) is 0 Å². The van der Waals surface area contributed by atoms with E-state index in [2.05, 4.69) is 36.1 Å². The summed E-state index contributed by atoms with van der Waals surface area (Å²) in [6.45, 7) is 6.50. The van der Waals surface area contributed by atoms with Crippen molar-refractivity contribution in [2.75, 3.05) is 5.32 Å². The molecule has 0 aliphatic rings. The molecule has 18 heavy (non-hydrogen) atoms. The van der Waals surface area contributed by atoms with Gasteiger partial charge in [0, 0.05) is 6.04 Å². The first-order chi connectivity index (χ1) is 8.54. The van der Waals surface area contributed by atoms with Gasteiger partial charge in [0.2, 0.25) is 0 Å². The first-order valence-electron chi connectivity index (χ1n) is 6.26. The zero-order valence-electron chi connectivity index (χ0n) is 11.1. The Labute approximate surface area is 113 Å². The monoisotopic (exact) mass is 269 g/mol. The molecule has 0 amide bonds. The van der Waals surface area contributed by atoms with Crippen LogP contribution in [-0.2, 0) is 0 Å². The van der Waals surface area contributed by atoms with Crippen molar-refractivity contribution >= 4 is 23.7 Å². The van der Waals surface area contributed by atoms with Gasteiger partial charge in [-0.2, -0.15) is 0 Å². The molecule has 1 heterocycles. The van der Waals surface area contributed by atoms with Gasteiger partial charge in [-0.3, -0.25) is 4.79 Å². The lowest BCUT2D eigenvalue weighted by Gasteiger charge is -2.16. The zero-order chi connectivity index (χ0) is 13.5. The Morgan fingerprint density at radius 2 is 2.06 bits per heavy atom. The highest BCUT2D eigenvalue weighted by molar-refractivity contribution is 6.32. The fourth-order valence-corrected chi connectivity index (χ4v) is 1.91. The number of nitrogens with zero attached hydrogens (tertiary/aromatic N) is 2. The first kappa shape index (κ1) is 14.9. The smallest absolute Gasteiger partial charge is 0.156 e. The van der Waals surface area contributed by atoms with Gasteiger partial charge < -0.3 is 5.32 Å². The van der Waals surface area contributed by atoms with Gasteiger partial charge in [0.05, 0.1) is 5.56 Å². The number of aldehydes is 1. The second-order valence-corrected chi connectivity index (χ2v) is 5.27. The molecule has 0 saturated carbocycles. The Hall–Kier alpha value is -1.16. The maximum atomic E-state index is 10.9. The van der Waals surface area contributed by atoms with E-state index in [1.54, 1.807) is 0 Å². The maximum absolute atomic E-state index is 10.9. The van der Waals surface area contributed by atoms with Crippen LogP contribution in [0.25, 0.3) is 0 Å². The Balaban J connectivity index is 2.56. The van der Waals surface area contributed by atoms with Crippen LogP contribution in [0.2, 0.25) is 5.15 Å². The fourth-order valence-electron chi connectivity index (χ4n) is 1.73. The largest absolute Gasteiger partial charge is 0.367 e. The number of hydrogen-bond acceptors (Lipinski definition) is 4. The van der Waals surface area contributed by atoms with Crippen LogP contribution in [-0.4, -0.2) is 22.3 Å². The van der Waals surface area contributed by atoms with Crippen molar-refractivity contribution in [2.45, 2.75) is 46.1 Å². The lowest BCUT2D eigenvalue weighted by Crippen LogP contribution is -2.17. The molecule has 100 valence electrons. The number of hydrogen-bond donors (Lipinski definition) is 1. The van der Waals surface area contributed by atoms with Crippen LogP contribution in [0.1, 0.15) is 50.4 Å². The number of aromatic nitrogens is 2. The van der Waals surface area contributed by atoms with Crippen LogP contribution in [0.15, 0.2) is 6.33 Å². The molecule has 0 fully saturated rings. The fraction of sp³-hybridized carbons (Fsp3) is 0.615. The minimum Gasteiger partial charge on any atom is -0.367 e. The second kappa shape index (κ2) is 7.31. The normalized spacial score (nSPS) is 12.5. The van der Waals surface area contributed by atoms with E-state index >= 15 is 0 Å². The molecule has 0 spiro atoms. The van der Waals surface area contributed by atoms with Crippen LogP contribution in [0.4, 0.5) is 5.82 Å². The maximum Gasteiger partial charge on any atom is 0.156 e. The van der Waals surface area contributed by atoms with Crippen LogP contribution >= 0.6 is 11.6 Å². The summed E-state index contributed by atoms with van der Waals surface area (Å²) < 4.78 is 0.